The van der Waals surface area contributed by atoms with E-state index in [1.165, 1.54) is 25.1 Å². The third-order valence-electron chi connectivity index (χ3n) is 8.04. The molecule has 3 aliphatic carbocycles. The first-order valence-corrected chi connectivity index (χ1v) is 12.6. The lowest BCUT2D eigenvalue weighted by molar-refractivity contribution is -0.181. The maximum absolute atomic E-state index is 15.1. The molecule has 10 nitrogen and oxygen atoms in total. The Morgan fingerprint density at radius 2 is 1.84 bits per heavy atom. The zero-order valence-electron chi connectivity index (χ0n) is 22.1. The highest BCUT2D eigenvalue weighted by atomic mass is 19.1. The maximum atomic E-state index is 15.1. The number of carbonyl (C=O) groups excluding carboxylic acids is 5. The molecule has 0 radical (unpaired) electrons. The number of benzene rings is 1. The highest BCUT2D eigenvalue weighted by Gasteiger charge is 2.69. The molecule has 206 valence electrons. The summed E-state index contributed by atoms with van der Waals surface area (Å²) in [4.78, 5) is 67.1. The van der Waals surface area contributed by atoms with Gasteiger partial charge in [0, 0.05) is 24.6 Å². The fraction of sp³-hybridized carbons (Fsp3) is 0.593. The number of hydrogen-bond donors (Lipinski definition) is 4. The Hall–Kier alpha value is -3.02. The molecule has 0 spiro atoms. The molecule has 0 aromatic heterocycles. The van der Waals surface area contributed by atoms with Crippen LogP contribution in [0.3, 0.4) is 0 Å². The molecule has 1 amide bonds. The minimum Gasteiger partial charge on any atom is -0.504 e. The average Bonchev–Trinajstić information content (AvgIpc) is 2.78. The SMILES string of the molecule is CN(C)[C@@H]1C(=O)C(C(N)=O)C(=O)[C@@]2(O)C(=O)C3C(=O)c4c(cc(CNCC(C)(C)C)c(F)c4O)C[C@H]3C[C@@H]12. The third kappa shape index (κ3) is 4.17. The normalized spacial score (nSPS) is 31.2. The van der Waals surface area contributed by atoms with Crippen LogP contribution in [0.25, 0.3) is 0 Å². The van der Waals surface area contributed by atoms with E-state index in [1.807, 2.05) is 20.8 Å². The van der Waals surface area contributed by atoms with Gasteiger partial charge in [-0.15, -0.1) is 0 Å². The largest absolute Gasteiger partial charge is 0.504 e. The first-order chi connectivity index (χ1) is 17.5. The van der Waals surface area contributed by atoms with Crippen LogP contribution in [0.1, 0.15) is 48.7 Å². The van der Waals surface area contributed by atoms with Gasteiger partial charge >= 0.3 is 0 Å². The number of fused-ring (bicyclic) bond motifs is 3. The van der Waals surface area contributed by atoms with Crippen molar-refractivity contribution in [3.8, 4) is 5.75 Å². The maximum Gasteiger partial charge on any atom is 0.235 e. The number of amides is 1. The summed E-state index contributed by atoms with van der Waals surface area (Å²) >= 11 is 0. The van der Waals surface area contributed by atoms with Gasteiger partial charge in [0.1, 0.15) is 0 Å². The molecule has 0 aliphatic heterocycles. The number of aromatic hydroxyl groups is 1. The van der Waals surface area contributed by atoms with Crippen molar-refractivity contribution in [1.29, 1.82) is 0 Å². The molecular formula is C27H34FN3O7. The molecule has 1 aromatic carbocycles. The van der Waals surface area contributed by atoms with Crippen LogP contribution in [0.15, 0.2) is 6.07 Å². The molecule has 38 heavy (non-hydrogen) atoms. The Kier molecular flexibility index (Phi) is 6.87. The van der Waals surface area contributed by atoms with E-state index in [0.717, 1.165) is 0 Å². The van der Waals surface area contributed by atoms with Gasteiger partial charge in [-0.05, 0) is 43.8 Å². The summed E-state index contributed by atoms with van der Waals surface area (Å²) in [5, 5.41) is 25.3. The van der Waals surface area contributed by atoms with Crippen LogP contribution in [0.5, 0.6) is 5.75 Å². The number of nitrogens with two attached hydrogens (primary N) is 1. The summed E-state index contributed by atoms with van der Waals surface area (Å²) in [5.41, 5.74) is 2.59. The number of nitrogens with zero attached hydrogens (tertiary/aromatic N) is 1. The number of rotatable bonds is 5. The van der Waals surface area contributed by atoms with Crippen molar-refractivity contribution in [2.45, 2.75) is 51.8 Å². The predicted octanol–water partition coefficient (Wildman–Crippen LogP) is 0.142. The highest BCUT2D eigenvalue weighted by Crippen LogP contribution is 2.51. The average molecular weight is 532 g/mol. The van der Waals surface area contributed by atoms with Gasteiger partial charge in [-0.2, -0.15) is 0 Å². The van der Waals surface area contributed by atoms with Crippen molar-refractivity contribution in [2.24, 2.45) is 34.8 Å². The molecule has 3 aliphatic rings. The predicted molar refractivity (Wildman–Crippen MR) is 132 cm³/mol. The van der Waals surface area contributed by atoms with Crippen molar-refractivity contribution >= 4 is 29.0 Å². The van der Waals surface area contributed by atoms with E-state index in [1.54, 1.807) is 0 Å². The van der Waals surface area contributed by atoms with Gasteiger partial charge in [-0.25, -0.2) is 4.39 Å². The monoisotopic (exact) mass is 531 g/mol. The number of aliphatic hydroxyl groups is 1. The second kappa shape index (κ2) is 9.32. The lowest BCUT2D eigenvalue weighted by atomic mass is 9.52. The smallest absolute Gasteiger partial charge is 0.235 e. The van der Waals surface area contributed by atoms with Crippen molar-refractivity contribution in [3.63, 3.8) is 0 Å². The number of likely N-dealkylation sites (N-methyl/N-ethyl adjacent to an activating group) is 1. The van der Waals surface area contributed by atoms with Crippen LogP contribution in [0, 0.1) is 34.9 Å². The van der Waals surface area contributed by atoms with Crippen LogP contribution in [0.4, 0.5) is 4.39 Å². The fourth-order valence-corrected chi connectivity index (χ4v) is 6.40. The van der Waals surface area contributed by atoms with E-state index >= 15 is 4.39 Å². The van der Waals surface area contributed by atoms with Gasteiger partial charge in [0.15, 0.2) is 46.2 Å². The summed E-state index contributed by atoms with van der Waals surface area (Å²) in [5.74, 6) is -12.9. The number of phenols is 1. The number of phenolic OH excluding ortho intramolecular Hbond substituents is 1. The Morgan fingerprint density at radius 3 is 2.39 bits per heavy atom. The Balaban J connectivity index is 1.76. The quantitative estimate of drug-likeness (QED) is 0.387. The Morgan fingerprint density at radius 1 is 1.21 bits per heavy atom. The number of carbonyl (C=O) groups is 5. The Bertz CT molecular complexity index is 1250. The molecule has 4 rings (SSSR count). The summed E-state index contributed by atoms with van der Waals surface area (Å²) < 4.78 is 15.1. The van der Waals surface area contributed by atoms with Gasteiger partial charge in [0.05, 0.1) is 17.5 Å². The first-order valence-electron chi connectivity index (χ1n) is 12.6. The number of ketones is 4. The molecule has 5 N–H and O–H groups in total. The Labute approximate surface area is 219 Å². The molecule has 0 saturated heterocycles. The van der Waals surface area contributed by atoms with Gasteiger partial charge < -0.3 is 21.3 Å². The lowest BCUT2D eigenvalue weighted by Gasteiger charge is -2.52. The molecule has 6 atom stereocenters. The minimum atomic E-state index is -2.80. The topological polar surface area (TPSA) is 167 Å². The molecule has 11 heteroatoms. The van der Waals surface area contributed by atoms with E-state index in [4.69, 9.17) is 5.73 Å². The number of Topliss-reactive ketones (excluding diaryl/α,β-unsaturated/α-hetero) is 4. The zero-order chi connectivity index (χ0) is 28.5. The van der Waals surface area contributed by atoms with Gasteiger partial charge in [-0.1, -0.05) is 26.8 Å². The lowest BCUT2D eigenvalue weighted by Crippen LogP contribution is -2.74. The standard InChI is InChI=1S/C27H34FN3O7/c1-26(2,3)10-30-9-13-7-11-6-12-8-14-19(31(4)5)22(34)17(25(29)37)24(36)27(14,38)23(35)16(12)20(32)15(11)21(33)18(13)28/h7,12,14,16-17,19,30,33,38H,6,8-10H2,1-5H3,(H2,29,37)/t12-,14-,16?,17?,19-,27-/m0/s1. The van der Waals surface area contributed by atoms with E-state index < -0.39 is 75.9 Å². The van der Waals surface area contributed by atoms with Crippen LogP contribution < -0.4 is 11.1 Å². The number of primary amides is 1. The van der Waals surface area contributed by atoms with Crippen LogP contribution in [-0.2, 0) is 32.1 Å². The number of nitrogens with one attached hydrogen (secondary N) is 1. The second-order valence-corrected chi connectivity index (χ2v) is 12.2. The molecule has 2 fully saturated rings. The van der Waals surface area contributed by atoms with E-state index in [0.29, 0.717) is 12.1 Å². The van der Waals surface area contributed by atoms with E-state index in [2.05, 4.69) is 5.32 Å². The van der Waals surface area contributed by atoms with Crippen LogP contribution in [-0.4, -0.2) is 76.4 Å². The fourth-order valence-electron chi connectivity index (χ4n) is 6.40. The number of halogens is 1. The summed E-state index contributed by atoms with van der Waals surface area (Å²) in [6.07, 6.45) is 0.0333. The van der Waals surface area contributed by atoms with Gasteiger partial charge in [0.25, 0.3) is 0 Å². The van der Waals surface area contributed by atoms with Crippen LogP contribution in [0.2, 0.25) is 0 Å². The summed E-state index contributed by atoms with van der Waals surface area (Å²) in [7, 11) is 3.04. The molecule has 0 bridgehead atoms. The first kappa shape index (κ1) is 28.0. The van der Waals surface area contributed by atoms with Crippen molar-refractivity contribution < 1.29 is 38.6 Å². The molecule has 2 saturated carbocycles. The van der Waals surface area contributed by atoms with Crippen LogP contribution >= 0.6 is 0 Å². The molecular weight excluding hydrogens is 497 g/mol. The van der Waals surface area contributed by atoms with Crippen molar-refractivity contribution in [1.82, 2.24) is 10.2 Å². The van der Waals surface area contributed by atoms with Crippen molar-refractivity contribution in [3.05, 3.63) is 28.6 Å². The molecule has 0 heterocycles. The minimum absolute atomic E-state index is 0.0559. The number of hydrogen-bond acceptors (Lipinski definition) is 9. The zero-order valence-corrected chi connectivity index (χ0v) is 22.1. The van der Waals surface area contributed by atoms with Crippen molar-refractivity contribution in [2.75, 3.05) is 20.6 Å². The molecule has 2 unspecified atom stereocenters. The molecule has 1 aromatic rings. The van der Waals surface area contributed by atoms with Gasteiger partial charge in [0.2, 0.25) is 5.91 Å². The van der Waals surface area contributed by atoms with Gasteiger partial charge in [-0.3, -0.25) is 28.9 Å². The van der Waals surface area contributed by atoms with E-state index in [9.17, 15) is 34.2 Å². The highest BCUT2D eigenvalue weighted by molar-refractivity contribution is 6.32. The third-order valence-corrected chi connectivity index (χ3v) is 8.04. The summed E-state index contributed by atoms with van der Waals surface area (Å²) in [6.45, 7) is 6.70. The van der Waals surface area contributed by atoms with E-state index in [-0.39, 0.29) is 35.9 Å². The second-order valence-electron chi connectivity index (χ2n) is 12.2. The summed E-state index contributed by atoms with van der Waals surface area (Å²) in [6, 6.07) is 0.318.